The van der Waals surface area contributed by atoms with Crippen molar-refractivity contribution >= 4 is 45.8 Å². The first-order valence-electron chi connectivity index (χ1n) is 10.1. The molecule has 3 heterocycles. The van der Waals surface area contributed by atoms with Crippen LogP contribution in [-0.2, 0) is 16.1 Å². The monoisotopic (exact) mass is 478 g/mol. The van der Waals surface area contributed by atoms with Gasteiger partial charge in [-0.05, 0) is 26.8 Å². The third-order valence-corrected chi connectivity index (χ3v) is 6.88. The number of benzene rings is 1. The highest BCUT2D eigenvalue weighted by molar-refractivity contribution is 7.09. The molecule has 0 bridgehead atoms. The lowest BCUT2D eigenvalue weighted by atomic mass is 9.86. The van der Waals surface area contributed by atoms with Crippen molar-refractivity contribution < 1.29 is 28.6 Å². The normalized spacial score (nSPS) is 20.9. The molecule has 2 atom stereocenters. The Bertz CT molecular complexity index is 1190. The van der Waals surface area contributed by atoms with Crippen LogP contribution in [0.2, 0.25) is 5.02 Å². The Kier molecular flexibility index (Phi) is 6.15. The Morgan fingerprint density at radius 3 is 2.84 bits per heavy atom. The van der Waals surface area contributed by atoms with E-state index in [9.17, 15) is 14.7 Å². The molecule has 1 saturated heterocycles. The molecule has 0 spiro atoms. The minimum atomic E-state index is -1.40. The zero-order valence-corrected chi connectivity index (χ0v) is 19.4. The molecule has 4 rings (SSSR count). The lowest BCUT2D eigenvalue weighted by Crippen LogP contribution is -2.58. The first-order valence-corrected chi connectivity index (χ1v) is 11.4. The molecule has 10 heteroatoms. The lowest BCUT2D eigenvalue weighted by molar-refractivity contribution is -0.150. The number of hydrogen-bond acceptors (Lipinski definition) is 7. The summed E-state index contributed by atoms with van der Waals surface area (Å²) in [6, 6.07) is 3.25. The van der Waals surface area contributed by atoms with Gasteiger partial charge < -0.3 is 24.3 Å². The molecule has 8 nitrogen and oxygen atoms in total. The molecule has 1 aromatic carbocycles. The number of halogens is 1. The highest BCUT2D eigenvalue weighted by Crippen LogP contribution is 2.36. The predicted molar refractivity (Wildman–Crippen MR) is 120 cm³/mol. The number of carbonyl (C=O) groups is 2. The number of nitrogens with one attached hydrogen (secondary N) is 1. The van der Waals surface area contributed by atoms with Gasteiger partial charge >= 0.3 is 5.97 Å². The second-order valence-corrected chi connectivity index (χ2v) is 9.29. The van der Waals surface area contributed by atoms with E-state index in [1.165, 1.54) is 11.3 Å². The Balaban J connectivity index is 1.65. The molecule has 170 valence electrons. The van der Waals surface area contributed by atoms with Gasteiger partial charge in [-0.2, -0.15) is 0 Å². The van der Waals surface area contributed by atoms with E-state index in [4.69, 9.17) is 25.5 Å². The second kappa shape index (κ2) is 8.73. The van der Waals surface area contributed by atoms with Crippen molar-refractivity contribution in [2.24, 2.45) is 0 Å². The van der Waals surface area contributed by atoms with E-state index < -0.39 is 17.4 Å². The highest BCUT2D eigenvalue weighted by atomic mass is 35.5. The number of carboxylic acid groups (broad SMARTS) is 1. The average molecular weight is 479 g/mol. The van der Waals surface area contributed by atoms with Crippen LogP contribution >= 0.6 is 22.9 Å². The SMILES string of the molecule is Cc1ncsc1COc1cc2c(C(=O)NC3(C(=O)O)CCOC(C)C3)c(C)oc2cc1Cl. The van der Waals surface area contributed by atoms with Gasteiger partial charge in [-0.3, -0.25) is 4.79 Å². The van der Waals surface area contributed by atoms with Crippen LogP contribution in [0.15, 0.2) is 22.1 Å². The third-order valence-electron chi connectivity index (χ3n) is 5.68. The molecule has 1 aliphatic rings. The van der Waals surface area contributed by atoms with Crippen LogP contribution in [0.3, 0.4) is 0 Å². The van der Waals surface area contributed by atoms with Gasteiger partial charge in [-0.25, -0.2) is 9.78 Å². The van der Waals surface area contributed by atoms with Gasteiger partial charge in [0, 0.05) is 30.9 Å². The third kappa shape index (κ3) is 4.20. The molecule has 0 aliphatic carbocycles. The van der Waals surface area contributed by atoms with Gasteiger partial charge in [-0.15, -0.1) is 11.3 Å². The van der Waals surface area contributed by atoms with Crippen LogP contribution in [0.1, 0.15) is 46.5 Å². The topological polar surface area (TPSA) is 111 Å². The molecule has 2 unspecified atom stereocenters. The summed E-state index contributed by atoms with van der Waals surface area (Å²) in [5, 5.41) is 13.4. The van der Waals surface area contributed by atoms with Crippen molar-refractivity contribution in [3.05, 3.63) is 44.6 Å². The number of amides is 1. The van der Waals surface area contributed by atoms with Gasteiger partial charge in [0.25, 0.3) is 5.91 Å². The predicted octanol–water partition coefficient (Wildman–Crippen LogP) is 4.49. The van der Waals surface area contributed by atoms with Crippen LogP contribution in [0.25, 0.3) is 11.0 Å². The second-order valence-electron chi connectivity index (χ2n) is 7.94. The Morgan fingerprint density at radius 1 is 1.41 bits per heavy atom. The zero-order chi connectivity index (χ0) is 23.0. The van der Waals surface area contributed by atoms with Gasteiger partial charge in [0.1, 0.15) is 29.2 Å². The van der Waals surface area contributed by atoms with E-state index in [-0.39, 0.29) is 31.1 Å². The number of furan rings is 1. The van der Waals surface area contributed by atoms with E-state index in [1.807, 2.05) is 6.92 Å². The van der Waals surface area contributed by atoms with Crippen molar-refractivity contribution in [1.82, 2.24) is 10.3 Å². The average Bonchev–Trinajstić information content (AvgIpc) is 3.27. The van der Waals surface area contributed by atoms with Gasteiger partial charge in [0.2, 0.25) is 0 Å². The van der Waals surface area contributed by atoms with Crippen molar-refractivity contribution in [3.8, 4) is 5.75 Å². The van der Waals surface area contributed by atoms with Crippen molar-refractivity contribution in [2.45, 2.75) is 51.9 Å². The van der Waals surface area contributed by atoms with Crippen molar-refractivity contribution in [2.75, 3.05) is 6.61 Å². The summed E-state index contributed by atoms with van der Waals surface area (Å²) < 4.78 is 17.1. The number of thiazole rings is 1. The molecule has 1 fully saturated rings. The molecular formula is C22H23ClN2O6S. The van der Waals surface area contributed by atoms with Crippen LogP contribution in [-0.4, -0.2) is 40.2 Å². The Labute approximate surface area is 193 Å². The largest absolute Gasteiger partial charge is 0.486 e. The van der Waals surface area contributed by atoms with E-state index >= 15 is 0 Å². The first-order chi connectivity index (χ1) is 15.2. The molecular weight excluding hydrogens is 456 g/mol. The first kappa shape index (κ1) is 22.6. The summed E-state index contributed by atoms with van der Waals surface area (Å²) in [5.74, 6) is -0.845. The maximum absolute atomic E-state index is 13.3. The number of hydrogen-bond donors (Lipinski definition) is 2. The number of aliphatic carboxylic acids is 1. The molecule has 3 aromatic rings. The number of nitrogens with zero attached hydrogens (tertiary/aromatic N) is 1. The quantitative estimate of drug-likeness (QED) is 0.536. The zero-order valence-electron chi connectivity index (χ0n) is 17.9. The van der Waals surface area contributed by atoms with Crippen molar-refractivity contribution in [1.29, 1.82) is 0 Å². The minimum Gasteiger partial charge on any atom is -0.486 e. The lowest BCUT2D eigenvalue weighted by Gasteiger charge is -2.37. The summed E-state index contributed by atoms with van der Waals surface area (Å²) in [4.78, 5) is 30.5. The van der Waals surface area contributed by atoms with Gasteiger partial charge in [0.05, 0.1) is 32.8 Å². The summed E-state index contributed by atoms with van der Waals surface area (Å²) >= 11 is 7.85. The summed E-state index contributed by atoms with van der Waals surface area (Å²) in [6.45, 7) is 5.89. The molecule has 2 N–H and O–H groups in total. The Morgan fingerprint density at radius 2 is 2.19 bits per heavy atom. The fourth-order valence-electron chi connectivity index (χ4n) is 3.95. The van der Waals surface area contributed by atoms with Crippen LogP contribution < -0.4 is 10.1 Å². The molecule has 0 saturated carbocycles. The smallest absolute Gasteiger partial charge is 0.329 e. The maximum Gasteiger partial charge on any atom is 0.329 e. The number of ether oxygens (including phenoxy) is 2. The fraction of sp³-hybridized carbons (Fsp3) is 0.409. The van der Waals surface area contributed by atoms with Crippen LogP contribution in [0.5, 0.6) is 5.75 Å². The number of aromatic nitrogens is 1. The van der Waals surface area contributed by atoms with E-state index in [0.29, 0.717) is 34.1 Å². The van der Waals surface area contributed by atoms with Crippen LogP contribution in [0.4, 0.5) is 0 Å². The summed E-state index contributed by atoms with van der Waals surface area (Å²) in [5.41, 5.74) is 1.91. The highest BCUT2D eigenvalue weighted by Gasteiger charge is 2.44. The van der Waals surface area contributed by atoms with E-state index in [2.05, 4.69) is 10.3 Å². The minimum absolute atomic E-state index is 0.178. The fourth-order valence-corrected chi connectivity index (χ4v) is 4.85. The maximum atomic E-state index is 13.3. The van der Waals surface area contributed by atoms with Gasteiger partial charge in [-0.1, -0.05) is 11.6 Å². The molecule has 0 radical (unpaired) electrons. The van der Waals surface area contributed by atoms with E-state index in [1.54, 1.807) is 31.5 Å². The molecule has 1 amide bonds. The summed E-state index contributed by atoms with van der Waals surface area (Å²) in [7, 11) is 0. The van der Waals surface area contributed by atoms with Crippen molar-refractivity contribution in [3.63, 3.8) is 0 Å². The molecule has 32 heavy (non-hydrogen) atoms. The molecule has 1 aliphatic heterocycles. The van der Waals surface area contributed by atoms with E-state index in [0.717, 1.165) is 10.6 Å². The number of rotatable bonds is 6. The van der Waals surface area contributed by atoms with Crippen LogP contribution in [0, 0.1) is 13.8 Å². The summed E-state index contributed by atoms with van der Waals surface area (Å²) in [6.07, 6.45) is 0.0789. The number of carbonyl (C=O) groups excluding carboxylic acids is 1. The standard InChI is InChI=1S/C22H23ClN2O6S/c1-11-8-22(21(27)28,4-5-29-11)25-20(26)19-13(3)31-16-7-15(23)17(6-14(16)19)30-9-18-12(2)24-10-32-18/h6-7,10-11H,4-5,8-9H2,1-3H3,(H,25,26)(H,27,28). The molecule has 2 aromatic heterocycles. The number of aryl methyl sites for hydroxylation is 2. The number of carboxylic acids is 1. The number of fused-ring (bicyclic) bond motifs is 1. The van der Waals surface area contributed by atoms with Gasteiger partial charge in [0.15, 0.2) is 0 Å². The Hall–Kier alpha value is -2.62.